The molecule has 2 rings (SSSR count). The number of rotatable bonds is 4. The van der Waals surface area contributed by atoms with Gasteiger partial charge in [0.1, 0.15) is 5.60 Å². The number of carbonyl (C=O) groups is 2. The predicted molar refractivity (Wildman–Crippen MR) is 80.2 cm³/mol. The second-order valence-corrected chi connectivity index (χ2v) is 6.66. The molecule has 1 atom stereocenters. The quantitative estimate of drug-likeness (QED) is 0.464. The molecule has 2 aliphatic rings. The number of urea groups is 1. The van der Waals surface area contributed by atoms with Crippen molar-refractivity contribution in [2.75, 3.05) is 26.2 Å². The van der Waals surface area contributed by atoms with Crippen molar-refractivity contribution in [3.63, 3.8) is 0 Å². The van der Waals surface area contributed by atoms with Gasteiger partial charge in [-0.2, -0.15) is 0 Å². The second kappa shape index (κ2) is 6.41. The summed E-state index contributed by atoms with van der Waals surface area (Å²) in [5.41, 5.74) is 0.149. The molecular formula is C14H24N4O4. The van der Waals surface area contributed by atoms with Crippen molar-refractivity contribution in [3.05, 3.63) is 0 Å². The van der Waals surface area contributed by atoms with Crippen molar-refractivity contribution in [1.29, 1.82) is 0 Å². The Morgan fingerprint density at radius 1 is 1.50 bits per heavy atom. The zero-order chi connectivity index (χ0) is 16.3. The van der Waals surface area contributed by atoms with Crippen molar-refractivity contribution in [2.24, 2.45) is 5.16 Å². The van der Waals surface area contributed by atoms with E-state index in [1.165, 1.54) is 0 Å². The van der Waals surface area contributed by atoms with Crippen molar-refractivity contribution >= 4 is 17.8 Å². The van der Waals surface area contributed by atoms with E-state index >= 15 is 0 Å². The number of nitrogens with one attached hydrogen (secondary N) is 1. The van der Waals surface area contributed by atoms with Crippen LogP contribution in [-0.2, 0) is 4.74 Å². The maximum absolute atomic E-state index is 12.2. The molecule has 0 aromatic rings. The van der Waals surface area contributed by atoms with Crippen LogP contribution < -0.4 is 5.32 Å². The molecule has 3 amide bonds. The van der Waals surface area contributed by atoms with Crippen LogP contribution in [0, 0.1) is 0 Å². The minimum absolute atomic E-state index is 0.0269. The average Bonchev–Trinajstić information content (AvgIpc) is 2.93. The maximum Gasteiger partial charge on any atom is 0.407 e. The summed E-state index contributed by atoms with van der Waals surface area (Å²) in [7, 11) is 0. The molecule has 2 N–H and O–H groups in total. The van der Waals surface area contributed by atoms with E-state index in [0.717, 1.165) is 0 Å². The second-order valence-electron chi connectivity index (χ2n) is 6.66. The summed E-state index contributed by atoms with van der Waals surface area (Å²) >= 11 is 0. The molecule has 124 valence electrons. The van der Waals surface area contributed by atoms with Crippen LogP contribution in [0.15, 0.2) is 5.16 Å². The third-order valence-corrected chi connectivity index (χ3v) is 3.63. The van der Waals surface area contributed by atoms with E-state index in [9.17, 15) is 9.59 Å². The number of nitrogens with zero attached hydrogens (tertiary/aromatic N) is 3. The molecule has 2 saturated heterocycles. The molecule has 2 heterocycles. The van der Waals surface area contributed by atoms with Crippen molar-refractivity contribution in [3.8, 4) is 0 Å². The fraction of sp³-hybridized carbons (Fsp3) is 0.786. The summed E-state index contributed by atoms with van der Waals surface area (Å²) in [5, 5.41) is 14.6. The lowest BCUT2D eigenvalue weighted by Crippen LogP contribution is -2.36. The Balaban J connectivity index is 1.67. The Labute approximate surface area is 130 Å². The molecule has 2 aliphatic heterocycles. The molecule has 0 spiro atoms. The smallest absolute Gasteiger partial charge is 0.407 e. The summed E-state index contributed by atoms with van der Waals surface area (Å²) in [4.78, 5) is 27.2. The van der Waals surface area contributed by atoms with Crippen LogP contribution in [0.1, 0.15) is 33.6 Å². The molecule has 2 fully saturated rings. The molecule has 0 saturated carbocycles. The van der Waals surface area contributed by atoms with E-state index in [1.807, 2.05) is 20.8 Å². The standard InChI is InChI=1S/C14H24N4O4/c1-14(2,3)22-12(19)15-5-4-6-17-9-11-7-10(16-21)8-18(11)13(17)20/h11,21H,4-9H2,1-3H3,(H,15,19)/t11-/m0/s1. The lowest BCUT2D eigenvalue weighted by Gasteiger charge is -2.20. The summed E-state index contributed by atoms with van der Waals surface area (Å²) in [6, 6.07) is 0.0816. The van der Waals surface area contributed by atoms with Crippen LogP contribution >= 0.6 is 0 Å². The first-order chi connectivity index (χ1) is 10.3. The molecule has 0 unspecified atom stereocenters. The van der Waals surface area contributed by atoms with Crippen LogP contribution in [0.4, 0.5) is 9.59 Å². The maximum atomic E-state index is 12.2. The topological polar surface area (TPSA) is 94.5 Å². The van der Waals surface area contributed by atoms with Gasteiger partial charge < -0.3 is 25.1 Å². The molecule has 8 heteroatoms. The van der Waals surface area contributed by atoms with Gasteiger partial charge in [0.15, 0.2) is 0 Å². The Hall–Kier alpha value is -1.99. The Morgan fingerprint density at radius 3 is 2.82 bits per heavy atom. The van der Waals surface area contributed by atoms with Gasteiger partial charge >= 0.3 is 12.1 Å². The Morgan fingerprint density at radius 2 is 2.23 bits per heavy atom. The highest BCUT2D eigenvalue weighted by molar-refractivity contribution is 5.94. The van der Waals surface area contributed by atoms with E-state index in [4.69, 9.17) is 9.94 Å². The van der Waals surface area contributed by atoms with Gasteiger partial charge in [0.25, 0.3) is 0 Å². The number of alkyl carbamates (subject to hydrolysis) is 1. The molecule has 22 heavy (non-hydrogen) atoms. The lowest BCUT2D eigenvalue weighted by molar-refractivity contribution is 0.0526. The van der Waals surface area contributed by atoms with E-state index in [-0.39, 0.29) is 12.1 Å². The Kier molecular flexibility index (Phi) is 4.77. The van der Waals surface area contributed by atoms with Gasteiger partial charge in [-0.1, -0.05) is 5.16 Å². The lowest BCUT2D eigenvalue weighted by atomic mass is 10.2. The fourth-order valence-corrected chi connectivity index (χ4v) is 2.71. The molecule has 8 nitrogen and oxygen atoms in total. The predicted octanol–water partition coefficient (Wildman–Crippen LogP) is 1.24. The number of hydrogen-bond donors (Lipinski definition) is 2. The first-order valence-corrected chi connectivity index (χ1v) is 7.52. The van der Waals surface area contributed by atoms with Crippen LogP contribution in [0.2, 0.25) is 0 Å². The highest BCUT2D eigenvalue weighted by Gasteiger charge is 2.42. The van der Waals surface area contributed by atoms with Crippen molar-refractivity contribution in [1.82, 2.24) is 15.1 Å². The molecule has 0 radical (unpaired) electrons. The van der Waals surface area contributed by atoms with Gasteiger partial charge in [0, 0.05) is 26.1 Å². The SMILES string of the molecule is CC(C)(C)OC(=O)NCCCN1C[C@@H]2CC(=NO)CN2C1=O. The number of hydrogen-bond acceptors (Lipinski definition) is 5. The summed E-state index contributed by atoms with van der Waals surface area (Å²) in [5.74, 6) is 0. The van der Waals surface area contributed by atoms with Gasteiger partial charge in [0.2, 0.25) is 0 Å². The molecule has 0 aliphatic carbocycles. The molecule has 0 bridgehead atoms. The van der Waals surface area contributed by atoms with E-state index in [0.29, 0.717) is 44.7 Å². The minimum Gasteiger partial charge on any atom is -0.444 e. The van der Waals surface area contributed by atoms with E-state index in [2.05, 4.69) is 10.5 Å². The van der Waals surface area contributed by atoms with Crippen molar-refractivity contribution in [2.45, 2.75) is 45.3 Å². The molecular weight excluding hydrogens is 288 g/mol. The normalized spacial score (nSPS) is 23.1. The number of oxime groups is 1. The molecule has 0 aromatic carbocycles. The van der Waals surface area contributed by atoms with E-state index < -0.39 is 11.7 Å². The third kappa shape index (κ3) is 4.02. The first-order valence-electron chi connectivity index (χ1n) is 7.52. The minimum atomic E-state index is -0.508. The van der Waals surface area contributed by atoms with Crippen LogP contribution in [0.5, 0.6) is 0 Å². The largest absolute Gasteiger partial charge is 0.444 e. The van der Waals surface area contributed by atoms with Gasteiger partial charge in [-0.25, -0.2) is 9.59 Å². The number of fused-ring (bicyclic) bond motifs is 1. The number of carbonyl (C=O) groups excluding carboxylic acids is 2. The number of ether oxygens (including phenoxy) is 1. The molecule has 0 aromatic heterocycles. The third-order valence-electron chi connectivity index (χ3n) is 3.63. The van der Waals surface area contributed by atoms with Gasteiger partial charge in [-0.05, 0) is 27.2 Å². The fourth-order valence-electron chi connectivity index (χ4n) is 2.71. The number of amides is 3. The van der Waals surface area contributed by atoms with Gasteiger partial charge in [-0.15, -0.1) is 0 Å². The van der Waals surface area contributed by atoms with E-state index in [1.54, 1.807) is 9.80 Å². The summed E-state index contributed by atoms with van der Waals surface area (Å²) in [6.45, 7) is 7.54. The summed E-state index contributed by atoms with van der Waals surface area (Å²) in [6.07, 6.45) is 0.867. The monoisotopic (exact) mass is 312 g/mol. The van der Waals surface area contributed by atoms with Crippen LogP contribution in [-0.4, -0.2) is 70.7 Å². The zero-order valence-electron chi connectivity index (χ0n) is 13.3. The van der Waals surface area contributed by atoms with Gasteiger partial charge in [0.05, 0.1) is 18.3 Å². The average molecular weight is 312 g/mol. The van der Waals surface area contributed by atoms with Crippen molar-refractivity contribution < 1.29 is 19.5 Å². The first kappa shape index (κ1) is 16.4. The zero-order valence-corrected chi connectivity index (χ0v) is 13.3. The highest BCUT2D eigenvalue weighted by Crippen LogP contribution is 2.24. The van der Waals surface area contributed by atoms with Crippen LogP contribution in [0.3, 0.4) is 0 Å². The van der Waals surface area contributed by atoms with Crippen LogP contribution in [0.25, 0.3) is 0 Å². The Bertz CT molecular complexity index is 472. The highest BCUT2D eigenvalue weighted by atomic mass is 16.6. The van der Waals surface area contributed by atoms with Gasteiger partial charge in [-0.3, -0.25) is 0 Å². The summed E-state index contributed by atoms with van der Waals surface area (Å²) < 4.78 is 5.14.